The van der Waals surface area contributed by atoms with Crippen LogP contribution in [0.15, 0.2) is 36.7 Å². The summed E-state index contributed by atoms with van der Waals surface area (Å²) in [6.45, 7) is 0. The molecule has 0 bridgehead atoms. The molecule has 1 aromatic carbocycles. The summed E-state index contributed by atoms with van der Waals surface area (Å²) in [4.78, 5) is 11.7. The van der Waals surface area contributed by atoms with Gasteiger partial charge < -0.3 is 15.5 Å². The number of H-pyrrole nitrogens is 1. The van der Waals surface area contributed by atoms with Crippen molar-refractivity contribution in [2.75, 3.05) is 12.8 Å². The van der Waals surface area contributed by atoms with Gasteiger partial charge in [-0.3, -0.25) is 4.98 Å². The molecule has 0 amide bonds. The van der Waals surface area contributed by atoms with Gasteiger partial charge in [0.1, 0.15) is 11.6 Å². The summed E-state index contributed by atoms with van der Waals surface area (Å²) < 4.78 is 5.13. The van der Waals surface area contributed by atoms with E-state index >= 15 is 0 Å². The number of anilines is 1. The molecule has 3 rings (SSSR count). The van der Waals surface area contributed by atoms with E-state index in [-0.39, 0.29) is 0 Å². The zero-order valence-electron chi connectivity index (χ0n) is 9.84. The van der Waals surface area contributed by atoms with Crippen LogP contribution in [0.2, 0.25) is 0 Å². The Hall–Kier alpha value is -2.56. The summed E-state index contributed by atoms with van der Waals surface area (Å²) in [6, 6.07) is 7.45. The summed E-state index contributed by atoms with van der Waals surface area (Å²) in [5, 5.41) is 0. The van der Waals surface area contributed by atoms with E-state index in [1.807, 2.05) is 24.3 Å². The lowest BCUT2D eigenvalue weighted by Crippen LogP contribution is -1.92. The summed E-state index contributed by atoms with van der Waals surface area (Å²) >= 11 is 0. The molecular weight excluding hydrogens is 228 g/mol. The molecule has 0 fully saturated rings. The van der Waals surface area contributed by atoms with Gasteiger partial charge in [0.05, 0.1) is 30.0 Å². The van der Waals surface area contributed by atoms with Crippen LogP contribution < -0.4 is 10.5 Å². The van der Waals surface area contributed by atoms with Crippen LogP contribution >= 0.6 is 0 Å². The lowest BCUT2D eigenvalue weighted by Gasteiger charge is -2.05. The number of benzene rings is 1. The first kappa shape index (κ1) is 10.6. The first-order valence-corrected chi connectivity index (χ1v) is 5.51. The van der Waals surface area contributed by atoms with Gasteiger partial charge in [0, 0.05) is 11.8 Å². The molecule has 0 saturated heterocycles. The molecule has 0 aliphatic heterocycles. The number of rotatable bonds is 2. The van der Waals surface area contributed by atoms with Gasteiger partial charge in [0.15, 0.2) is 0 Å². The van der Waals surface area contributed by atoms with Gasteiger partial charge in [-0.1, -0.05) is 0 Å². The van der Waals surface area contributed by atoms with E-state index in [1.54, 1.807) is 19.5 Å². The number of hydrogen-bond acceptors (Lipinski definition) is 4. The Morgan fingerprint density at radius 2 is 2.17 bits per heavy atom. The third kappa shape index (κ3) is 1.66. The van der Waals surface area contributed by atoms with Crippen LogP contribution in [0.5, 0.6) is 5.75 Å². The Morgan fingerprint density at radius 3 is 2.89 bits per heavy atom. The fraction of sp³-hybridized carbons (Fsp3) is 0.0769. The molecule has 3 aromatic rings. The number of ether oxygens (including phenoxy) is 1. The lowest BCUT2D eigenvalue weighted by molar-refractivity contribution is 0.417. The topological polar surface area (TPSA) is 76.8 Å². The number of nitrogen functional groups attached to an aromatic ring is 1. The van der Waals surface area contributed by atoms with Crippen molar-refractivity contribution < 1.29 is 4.74 Å². The third-order valence-electron chi connectivity index (χ3n) is 2.79. The molecule has 18 heavy (non-hydrogen) atoms. The predicted molar refractivity (Wildman–Crippen MR) is 70.3 cm³/mol. The van der Waals surface area contributed by atoms with Crippen LogP contribution in [-0.4, -0.2) is 22.1 Å². The highest BCUT2D eigenvalue weighted by molar-refractivity contribution is 5.79. The number of nitrogens with zero attached hydrogens (tertiary/aromatic N) is 2. The molecule has 0 atom stereocenters. The number of imidazole rings is 1. The van der Waals surface area contributed by atoms with E-state index in [4.69, 9.17) is 10.5 Å². The van der Waals surface area contributed by atoms with E-state index in [0.717, 1.165) is 22.4 Å². The molecule has 0 aliphatic carbocycles. The zero-order valence-corrected chi connectivity index (χ0v) is 9.84. The highest BCUT2D eigenvalue weighted by atomic mass is 16.5. The van der Waals surface area contributed by atoms with Crippen molar-refractivity contribution in [3.05, 3.63) is 36.7 Å². The van der Waals surface area contributed by atoms with Gasteiger partial charge in [-0.25, -0.2) is 4.98 Å². The molecule has 5 nitrogen and oxygen atoms in total. The Labute approximate surface area is 104 Å². The van der Waals surface area contributed by atoms with Crippen molar-refractivity contribution in [1.82, 2.24) is 15.0 Å². The number of nitrogens with one attached hydrogen (secondary N) is 1. The minimum absolute atomic E-state index is 0.591. The molecule has 0 saturated carbocycles. The molecule has 0 radical (unpaired) electrons. The highest BCUT2D eigenvalue weighted by Gasteiger charge is 2.07. The molecule has 5 heteroatoms. The van der Waals surface area contributed by atoms with Crippen LogP contribution in [0.4, 0.5) is 5.69 Å². The van der Waals surface area contributed by atoms with Crippen LogP contribution in [-0.2, 0) is 0 Å². The minimum Gasteiger partial charge on any atom is -0.495 e. The monoisotopic (exact) mass is 240 g/mol. The number of methoxy groups -OCH3 is 1. The van der Waals surface area contributed by atoms with Crippen LogP contribution in [0, 0.1) is 0 Å². The second-order valence-corrected chi connectivity index (χ2v) is 3.93. The summed E-state index contributed by atoms with van der Waals surface area (Å²) in [5.41, 5.74) is 9.18. The average Bonchev–Trinajstić information content (AvgIpc) is 2.82. The normalized spacial score (nSPS) is 10.7. The minimum atomic E-state index is 0.591. The lowest BCUT2D eigenvalue weighted by atomic mass is 10.2. The van der Waals surface area contributed by atoms with Crippen molar-refractivity contribution in [2.24, 2.45) is 0 Å². The van der Waals surface area contributed by atoms with Gasteiger partial charge in [-0.2, -0.15) is 0 Å². The maximum absolute atomic E-state index is 5.88. The van der Waals surface area contributed by atoms with Crippen molar-refractivity contribution in [3.63, 3.8) is 0 Å². The Kier molecular flexibility index (Phi) is 2.37. The van der Waals surface area contributed by atoms with Crippen LogP contribution in [0.25, 0.3) is 22.4 Å². The van der Waals surface area contributed by atoms with Crippen LogP contribution in [0.3, 0.4) is 0 Å². The van der Waals surface area contributed by atoms with Crippen LogP contribution in [0.1, 0.15) is 0 Å². The van der Waals surface area contributed by atoms with Gasteiger partial charge in [0.2, 0.25) is 0 Å². The molecule has 0 unspecified atom stereocenters. The molecule has 0 aliphatic rings. The molecular formula is C13H12N4O. The molecule has 2 heterocycles. The van der Waals surface area contributed by atoms with Crippen molar-refractivity contribution in [3.8, 4) is 17.1 Å². The van der Waals surface area contributed by atoms with Crippen molar-refractivity contribution >= 4 is 16.7 Å². The quantitative estimate of drug-likeness (QED) is 0.673. The van der Waals surface area contributed by atoms with Crippen molar-refractivity contribution in [2.45, 2.75) is 0 Å². The van der Waals surface area contributed by atoms with E-state index in [2.05, 4.69) is 15.0 Å². The maximum atomic E-state index is 5.88. The fourth-order valence-corrected chi connectivity index (χ4v) is 1.88. The Balaban J connectivity index is 2.11. The summed E-state index contributed by atoms with van der Waals surface area (Å²) in [6.07, 6.45) is 3.47. The van der Waals surface area contributed by atoms with E-state index in [9.17, 15) is 0 Å². The number of aromatic amines is 1. The van der Waals surface area contributed by atoms with Gasteiger partial charge in [0.25, 0.3) is 0 Å². The second kappa shape index (κ2) is 4.03. The molecule has 3 N–H and O–H groups in total. The first-order chi connectivity index (χ1) is 8.78. The zero-order chi connectivity index (χ0) is 12.5. The van der Waals surface area contributed by atoms with Gasteiger partial charge in [-0.15, -0.1) is 0 Å². The fourth-order valence-electron chi connectivity index (χ4n) is 1.88. The number of hydrogen-bond donors (Lipinski definition) is 2. The number of fused-ring (bicyclic) bond motifs is 1. The first-order valence-electron chi connectivity index (χ1n) is 5.51. The smallest absolute Gasteiger partial charge is 0.141 e. The van der Waals surface area contributed by atoms with E-state index < -0.39 is 0 Å². The van der Waals surface area contributed by atoms with E-state index in [1.165, 1.54) is 0 Å². The number of pyridine rings is 1. The highest BCUT2D eigenvalue weighted by Crippen LogP contribution is 2.27. The largest absolute Gasteiger partial charge is 0.495 e. The SMILES string of the molecule is COc1ccc(-c2nc3ccncc3[nH]2)cc1N. The van der Waals surface area contributed by atoms with Crippen molar-refractivity contribution in [1.29, 1.82) is 0 Å². The van der Waals surface area contributed by atoms with Gasteiger partial charge in [-0.05, 0) is 24.3 Å². The Bertz CT molecular complexity index is 672. The third-order valence-corrected chi connectivity index (χ3v) is 2.79. The predicted octanol–water partition coefficient (Wildman–Crippen LogP) is 2.22. The molecule has 0 spiro atoms. The summed E-state index contributed by atoms with van der Waals surface area (Å²) in [7, 11) is 1.60. The second-order valence-electron chi connectivity index (χ2n) is 3.93. The van der Waals surface area contributed by atoms with Gasteiger partial charge >= 0.3 is 0 Å². The maximum Gasteiger partial charge on any atom is 0.141 e. The molecule has 90 valence electrons. The molecule has 2 aromatic heterocycles. The Morgan fingerprint density at radius 1 is 1.28 bits per heavy atom. The number of aromatic nitrogens is 3. The number of nitrogens with two attached hydrogens (primary N) is 1. The standard InChI is InChI=1S/C13H12N4O/c1-18-12-3-2-8(6-9(12)14)13-16-10-4-5-15-7-11(10)17-13/h2-7H,14H2,1H3,(H,16,17). The van der Waals surface area contributed by atoms with E-state index in [0.29, 0.717) is 11.4 Å². The summed E-state index contributed by atoms with van der Waals surface area (Å²) in [5.74, 6) is 1.43. The average molecular weight is 240 g/mol.